The zero-order valence-corrected chi connectivity index (χ0v) is 23.4. The van der Waals surface area contributed by atoms with E-state index < -0.39 is 0 Å². The number of nitrogens with zero attached hydrogens (tertiary/aromatic N) is 6. The highest BCUT2D eigenvalue weighted by atomic mass is 16.5. The van der Waals surface area contributed by atoms with E-state index in [4.69, 9.17) is 4.74 Å². The fourth-order valence-corrected chi connectivity index (χ4v) is 5.06. The first-order chi connectivity index (χ1) is 18.3. The van der Waals surface area contributed by atoms with E-state index in [-0.39, 0.29) is 11.9 Å². The van der Waals surface area contributed by atoms with E-state index in [1.54, 1.807) is 6.07 Å². The highest BCUT2D eigenvalue weighted by Gasteiger charge is 2.32. The molecule has 3 aromatic rings. The summed E-state index contributed by atoms with van der Waals surface area (Å²) in [5.74, 6) is 0.514. The third kappa shape index (κ3) is 5.44. The summed E-state index contributed by atoms with van der Waals surface area (Å²) in [7, 11) is 2.12. The van der Waals surface area contributed by atoms with Crippen LogP contribution in [0.1, 0.15) is 72.2 Å². The van der Waals surface area contributed by atoms with E-state index in [1.165, 1.54) is 6.20 Å². The number of amides is 1. The molecule has 1 amide bonds. The van der Waals surface area contributed by atoms with Crippen LogP contribution in [0.5, 0.6) is 5.75 Å². The highest BCUT2D eigenvalue weighted by Crippen LogP contribution is 2.36. The molecule has 0 spiro atoms. The number of likely N-dealkylation sites (N-methyl/N-ethyl adjacent to an activating group) is 1. The largest absolute Gasteiger partial charge is 0.492 e. The number of aryl methyl sites for hydroxylation is 2. The van der Waals surface area contributed by atoms with Crippen molar-refractivity contribution >= 4 is 5.91 Å². The summed E-state index contributed by atoms with van der Waals surface area (Å²) in [5.41, 5.74) is 7.30. The number of hydrogen-bond acceptors (Lipinski definition) is 6. The minimum atomic E-state index is -0.259. The molecule has 1 atom stereocenters. The Morgan fingerprint density at radius 2 is 1.95 bits per heavy atom. The molecule has 3 heterocycles. The van der Waals surface area contributed by atoms with Crippen LogP contribution in [0.15, 0.2) is 30.6 Å². The molecular weight excluding hydrogens is 476 g/mol. The number of fused-ring (bicyclic) bond motifs is 1. The summed E-state index contributed by atoms with van der Waals surface area (Å²) in [5, 5.41) is 14.1. The highest BCUT2D eigenvalue weighted by molar-refractivity contribution is 5.99. The van der Waals surface area contributed by atoms with E-state index in [0.717, 1.165) is 66.0 Å². The van der Waals surface area contributed by atoms with E-state index >= 15 is 0 Å². The van der Waals surface area contributed by atoms with Gasteiger partial charge >= 0.3 is 0 Å². The molecule has 8 heteroatoms. The van der Waals surface area contributed by atoms with Gasteiger partial charge in [0.25, 0.3) is 5.91 Å². The minimum Gasteiger partial charge on any atom is -0.492 e. The second-order valence-corrected chi connectivity index (χ2v) is 9.87. The normalized spacial score (nSPS) is 13.9. The van der Waals surface area contributed by atoms with Crippen molar-refractivity contribution in [3.63, 3.8) is 0 Å². The average Bonchev–Trinajstić information content (AvgIpc) is 3.31. The van der Waals surface area contributed by atoms with Crippen molar-refractivity contribution in [1.29, 1.82) is 5.26 Å². The van der Waals surface area contributed by atoms with Crippen molar-refractivity contribution in [3.05, 3.63) is 64.2 Å². The first kappa shape index (κ1) is 27.3. The van der Waals surface area contributed by atoms with E-state index in [0.29, 0.717) is 30.2 Å². The number of carbonyl (C=O) groups is 1. The van der Waals surface area contributed by atoms with Crippen molar-refractivity contribution in [3.8, 4) is 22.9 Å². The van der Waals surface area contributed by atoms with E-state index in [1.807, 2.05) is 30.4 Å². The van der Waals surface area contributed by atoms with Gasteiger partial charge in [-0.3, -0.25) is 14.5 Å². The number of carbonyl (C=O) groups excluding carboxylic acids is 1. The topological polar surface area (TPSA) is 87.3 Å². The maximum atomic E-state index is 14.0. The number of nitriles is 1. The first-order valence-electron chi connectivity index (χ1n) is 13.5. The van der Waals surface area contributed by atoms with Crippen molar-refractivity contribution in [2.24, 2.45) is 0 Å². The number of benzene rings is 1. The average molecular weight is 515 g/mol. The molecule has 1 unspecified atom stereocenters. The smallest absolute Gasteiger partial charge is 0.254 e. The van der Waals surface area contributed by atoms with Crippen LogP contribution in [-0.4, -0.2) is 63.8 Å². The number of hydrogen-bond donors (Lipinski definition) is 0. The summed E-state index contributed by atoms with van der Waals surface area (Å²) < 4.78 is 7.63. The fraction of sp³-hybridized carbons (Fsp3) is 0.467. The van der Waals surface area contributed by atoms with E-state index in [2.05, 4.69) is 60.3 Å². The number of ether oxygens (including phenoxy) is 1. The summed E-state index contributed by atoms with van der Waals surface area (Å²) in [6.45, 7) is 13.9. The van der Waals surface area contributed by atoms with Gasteiger partial charge in [0.05, 0.1) is 24.0 Å². The van der Waals surface area contributed by atoms with Crippen LogP contribution in [0.25, 0.3) is 11.1 Å². The molecular formula is C30H38N6O2. The predicted octanol–water partition coefficient (Wildman–Crippen LogP) is 4.80. The van der Waals surface area contributed by atoms with Gasteiger partial charge in [0.2, 0.25) is 0 Å². The molecule has 1 aromatic carbocycles. The quantitative estimate of drug-likeness (QED) is 0.386. The van der Waals surface area contributed by atoms with Crippen molar-refractivity contribution in [2.75, 3.05) is 33.3 Å². The van der Waals surface area contributed by atoms with Crippen LogP contribution >= 0.6 is 0 Å². The van der Waals surface area contributed by atoms with Crippen molar-refractivity contribution in [2.45, 2.75) is 60.0 Å². The molecule has 2 aromatic heterocycles. The number of pyridine rings is 1. The molecule has 0 saturated heterocycles. The lowest BCUT2D eigenvalue weighted by atomic mass is 9.87. The van der Waals surface area contributed by atoms with Gasteiger partial charge in [0, 0.05) is 49.2 Å². The van der Waals surface area contributed by atoms with Gasteiger partial charge in [0.1, 0.15) is 17.4 Å². The maximum absolute atomic E-state index is 14.0. The Morgan fingerprint density at radius 3 is 2.61 bits per heavy atom. The Hall–Kier alpha value is -3.70. The summed E-state index contributed by atoms with van der Waals surface area (Å²) in [6, 6.07) is 8.01. The van der Waals surface area contributed by atoms with Crippen molar-refractivity contribution < 1.29 is 9.53 Å². The number of aromatic nitrogens is 3. The molecule has 38 heavy (non-hydrogen) atoms. The zero-order valence-electron chi connectivity index (χ0n) is 23.4. The molecule has 0 radical (unpaired) electrons. The monoisotopic (exact) mass is 514 g/mol. The molecule has 200 valence electrons. The van der Waals surface area contributed by atoms with Crippen LogP contribution in [0.4, 0.5) is 0 Å². The maximum Gasteiger partial charge on any atom is 0.254 e. The lowest BCUT2D eigenvalue weighted by Crippen LogP contribution is -2.40. The van der Waals surface area contributed by atoms with Gasteiger partial charge in [-0.25, -0.2) is 0 Å². The van der Waals surface area contributed by atoms with Crippen molar-refractivity contribution in [1.82, 2.24) is 24.6 Å². The second kappa shape index (κ2) is 11.8. The third-order valence-electron chi connectivity index (χ3n) is 7.49. The van der Waals surface area contributed by atoms with Gasteiger partial charge in [-0.2, -0.15) is 10.4 Å². The summed E-state index contributed by atoms with van der Waals surface area (Å²) in [6.07, 6.45) is 5.25. The summed E-state index contributed by atoms with van der Waals surface area (Å²) >= 11 is 0. The molecule has 0 N–H and O–H groups in total. The zero-order chi connectivity index (χ0) is 27.4. The standard InChI is InChI=1S/C30H38N6O2/c1-7-34(6)12-10-22-14-25(27-19-35(8-2)33-20(27)4)24-11-13-36(30(37)26(24)15-22)21(5)28-16-29(38-9-3)23(17-31)18-32-28/h14-16,18-19,21H,7-13H2,1-6H3. The van der Waals surface area contributed by atoms with Gasteiger partial charge in [-0.1, -0.05) is 13.0 Å². The van der Waals surface area contributed by atoms with E-state index in [9.17, 15) is 10.1 Å². The molecule has 0 fully saturated rings. The van der Waals surface area contributed by atoms with Gasteiger partial charge in [-0.05, 0) is 76.9 Å². The van der Waals surface area contributed by atoms with Crippen LogP contribution in [0.2, 0.25) is 0 Å². The Morgan fingerprint density at radius 1 is 1.18 bits per heavy atom. The molecule has 0 saturated carbocycles. The van der Waals surface area contributed by atoms with Crippen LogP contribution < -0.4 is 4.74 Å². The molecule has 0 aliphatic carbocycles. The first-order valence-corrected chi connectivity index (χ1v) is 13.5. The molecule has 8 nitrogen and oxygen atoms in total. The molecule has 0 bridgehead atoms. The predicted molar refractivity (Wildman–Crippen MR) is 148 cm³/mol. The third-order valence-corrected chi connectivity index (χ3v) is 7.49. The van der Waals surface area contributed by atoms with Crippen LogP contribution in [-0.2, 0) is 19.4 Å². The van der Waals surface area contributed by atoms with Gasteiger partial charge in [-0.15, -0.1) is 0 Å². The van der Waals surface area contributed by atoms with Crippen LogP contribution in [0.3, 0.4) is 0 Å². The summed E-state index contributed by atoms with van der Waals surface area (Å²) in [4.78, 5) is 22.7. The molecule has 1 aliphatic heterocycles. The lowest BCUT2D eigenvalue weighted by molar-refractivity contribution is 0.0669. The molecule has 4 rings (SSSR count). The Bertz CT molecular complexity index is 1360. The van der Waals surface area contributed by atoms with Gasteiger partial charge < -0.3 is 14.5 Å². The minimum absolute atomic E-state index is 0.00959. The van der Waals surface area contributed by atoms with Gasteiger partial charge in [0.15, 0.2) is 0 Å². The Balaban J connectivity index is 1.74. The Labute approximate surface area is 225 Å². The lowest BCUT2D eigenvalue weighted by Gasteiger charge is -2.34. The number of rotatable bonds is 10. The SMILES string of the molecule is CCOc1cc(C(C)N2CCc3c(cc(CCN(C)CC)cc3-c3cn(CC)nc3C)C2=O)ncc1C#N. The Kier molecular flexibility index (Phi) is 8.48. The molecule has 1 aliphatic rings. The van der Waals surface area contributed by atoms with Crippen LogP contribution in [0, 0.1) is 18.3 Å². The second-order valence-electron chi connectivity index (χ2n) is 9.87. The fourth-order valence-electron chi connectivity index (χ4n) is 5.06.